The number of hydrogen-bond acceptors (Lipinski definition) is 4. The van der Waals surface area contributed by atoms with Crippen LogP contribution >= 0.6 is 0 Å². The Bertz CT molecular complexity index is 1000. The Balaban J connectivity index is 1.58. The molecule has 8 heteroatoms. The minimum Gasteiger partial charge on any atom is -0.457 e. The molecule has 0 aliphatic heterocycles. The highest BCUT2D eigenvalue weighted by molar-refractivity contribution is 5.91. The second-order valence-electron chi connectivity index (χ2n) is 6.95. The fraction of sp³-hybridized carbons (Fsp3) is 0.227. The lowest BCUT2D eigenvalue weighted by atomic mass is 10.1. The van der Waals surface area contributed by atoms with Crippen molar-refractivity contribution < 1.29 is 22.7 Å². The molecule has 5 nitrogen and oxygen atoms in total. The maximum absolute atomic E-state index is 12.6. The minimum absolute atomic E-state index is 0.140. The van der Waals surface area contributed by atoms with E-state index in [1.165, 1.54) is 12.1 Å². The molecule has 0 radical (unpaired) electrons. The summed E-state index contributed by atoms with van der Waals surface area (Å²) in [5, 5.41) is 2.74. The number of ether oxygens (including phenoxy) is 1. The van der Waals surface area contributed by atoms with E-state index in [-0.39, 0.29) is 18.2 Å². The Morgan fingerprint density at radius 1 is 1.00 bits per heavy atom. The van der Waals surface area contributed by atoms with Gasteiger partial charge in [-0.15, -0.1) is 0 Å². The van der Waals surface area contributed by atoms with Crippen LogP contribution in [0.4, 0.5) is 19.0 Å². The molecule has 1 aromatic heterocycles. The summed E-state index contributed by atoms with van der Waals surface area (Å²) < 4.78 is 43.4. The number of aromatic nitrogens is 2. The van der Waals surface area contributed by atoms with E-state index >= 15 is 0 Å². The van der Waals surface area contributed by atoms with Crippen LogP contribution in [0.2, 0.25) is 0 Å². The first kappa shape index (κ1) is 21.3. The van der Waals surface area contributed by atoms with E-state index in [4.69, 9.17) is 4.74 Å². The molecule has 1 N–H and O–H groups in total. The van der Waals surface area contributed by atoms with Gasteiger partial charge in [-0.2, -0.15) is 13.2 Å². The Morgan fingerprint density at radius 2 is 1.60 bits per heavy atom. The molecular weight excluding hydrogens is 395 g/mol. The van der Waals surface area contributed by atoms with Crippen molar-refractivity contribution in [2.75, 3.05) is 5.32 Å². The number of nitrogens with one attached hydrogen (secondary N) is 1. The molecule has 1 amide bonds. The minimum atomic E-state index is -4.39. The summed E-state index contributed by atoms with van der Waals surface area (Å²) in [6, 6.07) is 12.8. The van der Waals surface area contributed by atoms with Crippen molar-refractivity contribution in [3.63, 3.8) is 0 Å². The average Bonchev–Trinajstić information content (AvgIpc) is 2.69. The van der Waals surface area contributed by atoms with E-state index in [1.807, 2.05) is 13.8 Å². The van der Waals surface area contributed by atoms with E-state index in [0.29, 0.717) is 23.1 Å². The van der Waals surface area contributed by atoms with Crippen molar-refractivity contribution in [1.82, 2.24) is 9.97 Å². The van der Waals surface area contributed by atoms with Gasteiger partial charge in [-0.3, -0.25) is 4.79 Å². The van der Waals surface area contributed by atoms with Crippen LogP contribution in [0.5, 0.6) is 11.5 Å². The molecule has 30 heavy (non-hydrogen) atoms. The van der Waals surface area contributed by atoms with Crippen LogP contribution in [-0.4, -0.2) is 15.9 Å². The maximum atomic E-state index is 12.6. The molecule has 0 fully saturated rings. The monoisotopic (exact) mass is 415 g/mol. The van der Waals surface area contributed by atoms with E-state index in [9.17, 15) is 18.0 Å². The Morgan fingerprint density at radius 3 is 2.17 bits per heavy atom. The van der Waals surface area contributed by atoms with Crippen molar-refractivity contribution in [1.29, 1.82) is 0 Å². The number of anilines is 1. The Hall–Kier alpha value is -3.42. The molecule has 0 aliphatic carbocycles. The zero-order chi connectivity index (χ0) is 21.7. The van der Waals surface area contributed by atoms with Crippen LogP contribution in [0.15, 0.2) is 60.8 Å². The van der Waals surface area contributed by atoms with Gasteiger partial charge >= 0.3 is 6.18 Å². The van der Waals surface area contributed by atoms with Gasteiger partial charge < -0.3 is 10.1 Å². The van der Waals surface area contributed by atoms with E-state index in [0.717, 1.165) is 17.7 Å². The molecule has 3 aromatic rings. The predicted molar refractivity (Wildman–Crippen MR) is 106 cm³/mol. The van der Waals surface area contributed by atoms with Crippen LogP contribution < -0.4 is 10.1 Å². The number of hydrogen-bond donors (Lipinski definition) is 1. The largest absolute Gasteiger partial charge is 0.457 e. The highest BCUT2D eigenvalue weighted by atomic mass is 19.4. The quantitative estimate of drug-likeness (QED) is 0.570. The molecule has 3 rings (SSSR count). The molecule has 2 aromatic carbocycles. The number of amides is 1. The van der Waals surface area contributed by atoms with Crippen molar-refractivity contribution in [2.45, 2.75) is 32.4 Å². The lowest BCUT2D eigenvalue weighted by Gasteiger charge is -2.10. The third-order valence-corrected chi connectivity index (χ3v) is 4.16. The third kappa shape index (κ3) is 5.79. The van der Waals surface area contributed by atoms with Gasteiger partial charge in [-0.25, -0.2) is 9.97 Å². The fourth-order valence-electron chi connectivity index (χ4n) is 2.62. The molecule has 156 valence electrons. The topological polar surface area (TPSA) is 64.1 Å². The Kier molecular flexibility index (Phi) is 6.34. The van der Waals surface area contributed by atoms with Crippen molar-refractivity contribution in [2.24, 2.45) is 0 Å². The molecule has 0 unspecified atom stereocenters. The summed E-state index contributed by atoms with van der Waals surface area (Å²) in [6.45, 7) is 3.94. The normalized spacial score (nSPS) is 11.4. The van der Waals surface area contributed by atoms with Gasteiger partial charge in [0.2, 0.25) is 5.91 Å². The van der Waals surface area contributed by atoms with Gasteiger partial charge in [0.1, 0.15) is 23.1 Å². The van der Waals surface area contributed by atoms with E-state index in [2.05, 4.69) is 15.3 Å². The van der Waals surface area contributed by atoms with Crippen LogP contribution in [0, 0.1) is 0 Å². The SMILES string of the molecule is CC(C)c1nccc(NC(=O)Cc2ccc(Oc3ccc(C(F)(F)F)cc3)cc2)n1. The molecule has 0 bridgehead atoms. The summed E-state index contributed by atoms with van der Waals surface area (Å²) in [5.41, 5.74) is 0.0193. The third-order valence-electron chi connectivity index (χ3n) is 4.16. The smallest absolute Gasteiger partial charge is 0.416 e. The zero-order valence-electron chi connectivity index (χ0n) is 16.4. The van der Waals surface area contributed by atoms with Gasteiger partial charge in [-0.05, 0) is 48.0 Å². The van der Waals surface area contributed by atoms with Gasteiger partial charge in [0.25, 0.3) is 0 Å². The van der Waals surface area contributed by atoms with Crippen molar-refractivity contribution >= 4 is 11.7 Å². The molecule has 0 saturated carbocycles. The molecule has 0 aliphatic rings. The van der Waals surface area contributed by atoms with Crippen LogP contribution in [0.25, 0.3) is 0 Å². The number of rotatable bonds is 6. The van der Waals surface area contributed by atoms with E-state index in [1.54, 1.807) is 36.5 Å². The second-order valence-corrected chi connectivity index (χ2v) is 6.95. The fourth-order valence-corrected chi connectivity index (χ4v) is 2.62. The van der Waals surface area contributed by atoms with Gasteiger partial charge in [0.15, 0.2) is 0 Å². The van der Waals surface area contributed by atoms with Crippen molar-refractivity contribution in [3.05, 3.63) is 77.7 Å². The first-order valence-corrected chi connectivity index (χ1v) is 9.27. The van der Waals surface area contributed by atoms with Crippen LogP contribution in [-0.2, 0) is 17.4 Å². The summed E-state index contributed by atoms with van der Waals surface area (Å²) in [7, 11) is 0. The lowest BCUT2D eigenvalue weighted by Crippen LogP contribution is -2.16. The highest BCUT2D eigenvalue weighted by Crippen LogP contribution is 2.31. The molecule has 0 saturated heterocycles. The number of alkyl halides is 3. The van der Waals surface area contributed by atoms with Crippen molar-refractivity contribution in [3.8, 4) is 11.5 Å². The summed E-state index contributed by atoms with van der Waals surface area (Å²) in [4.78, 5) is 20.7. The summed E-state index contributed by atoms with van der Waals surface area (Å²) >= 11 is 0. The number of carbonyl (C=O) groups is 1. The molecule has 0 spiro atoms. The average molecular weight is 415 g/mol. The zero-order valence-corrected chi connectivity index (χ0v) is 16.4. The van der Waals surface area contributed by atoms with Crippen LogP contribution in [0.1, 0.15) is 36.7 Å². The summed E-state index contributed by atoms with van der Waals surface area (Å²) in [6.07, 6.45) is -2.64. The lowest BCUT2D eigenvalue weighted by molar-refractivity contribution is -0.137. The number of halogens is 3. The summed E-state index contributed by atoms with van der Waals surface area (Å²) in [5.74, 6) is 1.77. The Labute approximate surface area is 171 Å². The number of carbonyl (C=O) groups excluding carboxylic acids is 1. The molecule has 1 heterocycles. The number of nitrogens with zero attached hydrogens (tertiary/aromatic N) is 2. The molecule has 0 atom stereocenters. The highest BCUT2D eigenvalue weighted by Gasteiger charge is 2.30. The van der Waals surface area contributed by atoms with Gasteiger partial charge in [-0.1, -0.05) is 26.0 Å². The molecular formula is C22H20F3N3O2. The predicted octanol–water partition coefficient (Wildman–Crippen LogP) is 5.59. The second kappa shape index (κ2) is 8.94. The first-order chi connectivity index (χ1) is 14.2. The van der Waals surface area contributed by atoms with E-state index < -0.39 is 11.7 Å². The first-order valence-electron chi connectivity index (χ1n) is 9.27. The number of benzene rings is 2. The van der Waals surface area contributed by atoms with Gasteiger partial charge in [0.05, 0.1) is 12.0 Å². The van der Waals surface area contributed by atoms with Gasteiger partial charge in [0, 0.05) is 12.1 Å². The standard InChI is InChI=1S/C22H20F3N3O2/c1-14(2)21-26-12-11-19(28-21)27-20(29)13-15-3-7-17(8-4-15)30-18-9-5-16(6-10-18)22(23,24)25/h3-12,14H,13H2,1-2H3,(H,26,27,28,29). The van der Waals surface area contributed by atoms with Crippen LogP contribution in [0.3, 0.4) is 0 Å². The maximum Gasteiger partial charge on any atom is 0.416 e.